The molecule has 21 heavy (non-hydrogen) atoms. The lowest BCUT2D eigenvalue weighted by Crippen LogP contribution is -2.40. The van der Waals surface area contributed by atoms with Gasteiger partial charge in [0.2, 0.25) is 5.91 Å². The van der Waals surface area contributed by atoms with Gasteiger partial charge in [-0.1, -0.05) is 44.7 Å². The van der Waals surface area contributed by atoms with Crippen molar-refractivity contribution in [3.05, 3.63) is 35.6 Å². The molecular weight excluding hydrogens is 269 g/mol. The zero-order valence-corrected chi connectivity index (χ0v) is 12.6. The summed E-state index contributed by atoms with van der Waals surface area (Å²) >= 11 is 0. The van der Waals surface area contributed by atoms with Crippen LogP contribution in [0.3, 0.4) is 0 Å². The molecule has 0 radical (unpaired) electrons. The summed E-state index contributed by atoms with van der Waals surface area (Å²) in [5.41, 5.74) is 0.293. The second kappa shape index (κ2) is 7.03. The fourth-order valence-electron chi connectivity index (χ4n) is 2.94. The number of amides is 1. The maximum atomic E-state index is 12.8. The zero-order valence-electron chi connectivity index (χ0n) is 12.6. The maximum absolute atomic E-state index is 12.8. The highest BCUT2D eigenvalue weighted by Crippen LogP contribution is 2.34. The van der Waals surface area contributed by atoms with Gasteiger partial charge in [-0.15, -0.1) is 0 Å². The second-order valence-electron chi connectivity index (χ2n) is 6.25. The van der Waals surface area contributed by atoms with E-state index in [1.165, 1.54) is 25.0 Å². The van der Waals surface area contributed by atoms with Gasteiger partial charge in [0, 0.05) is 12.0 Å². The Kier molecular flexibility index (Phi) is 5.34. The van der Waals surface area contributed by atoms with E-state index in [0.717, 1.165) is 25.7 Å². The van der Waals surface area contributed by atoms with Gasteiger partial charge < -0.3 is 10.4 Å². The number of hydrogen-bond acceptors (Lipinski definition) is 2. The third-order valence-electron chi connectivity index (χ3n) is 4.47. The summed E-state index contributed by atoms with van der Waals surface area (Å²) in [7, 11) is 0. The average molecular weight is 293 g/mol. The molecule has 1 aromatic rings. The molecule has 2 rings (SSSR count). The highest BCUT2D eigenvalue weighted by atomic mass is 19.1. The fourth-order valence-corrected chi connectivity index (χ4v) is 2.94. The number of halogens is 1. The number of benzene rings is 1. The van der Waals surface area contributed by atoms with Crippen LogP contribution in [0.15, 0.2) is 24.3 Å². The number of aliphatic hydroxyl groups is 1. The number of hydrogen-bond donors (Lipinski definition) is 2. The van der Waals surface area contributed by atoms with Crippen LogP contribution in [0.25, 0.3) is 0 Å². The Balaban J connectivity index is 1.89. The molecule has 1 amide bonds. The summed E-state index contributed by atoms with van der Waals surface area (Å²) in [6, 6.07) is 5.71. The van der Waals surface area contributed by atoms with E-state index in [0.29, 0.717) is 5.56 Å². The van der Waals surface area contributed by atoms with E-state index in [1.807, 2.05) is 6.92 Å². The smallest absolute Gasteiger partial charge is 0.226 e. The average Bonchev–Trinajstić information content (AvgIpc) is 2.71. The normalized spacial score (nSPS) is 19.6. The van der Waals surface area contributed by atoms with E-state index in [2.05, 4.69) is 5.32 Å². The summed E-state index contributed by atoms with van der Waals surface area (Å²) < 4.78 is 12.8. The molecule has 116 valence electrons. The van der Waals surface area contributed by atoms with Gasteiger partial charge in [0.25, 0.3) is 0 Å². The van der Waals surface area contributed by atoms with Crippen molar-refractivity contribution in [3.8, 4) is 0 Å². The third-order valence-corrected chi connectivity index (χ3v) is 4.47. The molecule has 2 N–H and O–H groups in total. The Morgan fingerprint density at radius 1 is 1.24 bits per heavy atom. The SMILES string of the molecule is CC1(C(=O)NCC(O)c2ccc(F)cc2)CCCCCC1. The van der Waals surface area contributed by atoms with Crippen LogP contribution in [0, 0.1) is 11.2 Å². The Morgan fingerprint density at radius 3 is 2.38 bits per heavy atom. The molecule has 1 unspecified atom stereocenters. The molecule has 0 bridgehead atoms. The van der Waals surface area contributed by atoms with Gasteiger partial charge in [0.1, 0.15) is 5.82 Å². The van der Waals surface area contributed by atoms with Gasteiger partial charge in [-0.3, -0.25) is 4.79 Å². The highest BCUT2D eigenvalue weighted by molar-refractivity contribution is 5.82. The van der Waals surface area contributed by atoms with Crippen LogP contribution in [0.2, 0.25) is 0 Å². The molecule has 0 saturated heterocycles. The molecule has 1 aliphatic carbocycles. The quantitative estimate of drug-likeness (QED) is 0.837. The number of rotatable bonds is 4. The topological polar surface area (TPSA) is 49.3 Å². The number of carbonyl (C=O) groups excluding carboxylic acids is 1. The predicted molar refractivity (Wildman–Crippen MR) is 80.2 cm³/mol. The monoisotopic (exact) mass is 293 g/mol. The van der Waals surface area contributed by atoms with Crippen molar-refractivity contribution in [2.75, 3.05) is 6.54 Å². The van der Waals surface area contributed by atoms with Crippen molar-refractivity contribution in [2.24, 2.45) is 5.41 Å². The molecule has 0 heterocycles. The molecule has 1 aliphatic rings. The van der Waals surface area contributed by atoms with Crippen molar-refractivity contribution >= 4 is 5.91 Å². The number of carbonyl (C=O) groups is 1. The molecule has 4 heteroatoms. The van der Waals surface area contributed by atoms with Crippen LogP contribution < -0.4 is 5.32 Å². The first-order valence-electron chi connectivity index (χ1n) is 7.73. The fraction of sp³-hybridized carbons (Fsp3) is 0.588. The summed E-state index contributed by atoms with van der Waals surface area (Å²) in [4.78, 5) is 12.4. The molecule has 3 nitrogen and oxygen atoms in total. The molecule has 1 fully saturated rings. The van der Waals surface area contributed by atoms with Crippen LogP contribution in [-0.2, 0) is 4.79 Å². The van der Waals surface area contributed by atoms with E-state index in [4.69, 9.17) is 0 Å². The van der Waals surface area contributed by atoms with Crippen molar-refractivity contribution in [1.82, 2.24) is 5.32 Å². The first kappa shape index (κ1) is 16.0. The first-order valence-corrected chi connectivity index (χ1v) is 7.73. The molecule has 1 aromatic carbocycles. The summed E-state index contributed by atoms with van der Waals surface area (Å²) in [5, 5.41) is 12.9. The predicted octanol–water partition coefficient (Wildman–Crippen LogP) is 3.34. The van der Waals surface area contributed by atoms with E-state index in [-0.39, 0.29) is 23.7 Å². The van der Waals surface area contributed by atoms with E-state index in [1.54, 1.807) is 12.1 Å². The minimum Gasteiger partial charge on any atom is -0.387 e. The van der Waals surface area contributed by atoms with Crippen molar-refractivity contribution in [2.45, 2.75) is 51.6 Å². The lowest BCUT2D eigenvalue weighted by Gasteiger charge is -2.27. The lowest BCUT2D eigenvalue weighted by atomic mass is 9.81. The van der Waals surface area contributed by atoms with Gasteiger partial charge in [-0.2, -0.15) is 0 Å². The van der Waals surface area contributed by atoms with Crippen LogP contribution in [0.5, 0.6) is 0 Å². The highest BCUT2D eigenvalue weighted by Gasteiger charge is 2.33. The summed E-state index contributed by atoms with van der Waals surface area (Å²) in [6.07, 6.45) is 5.58. The maximum Gasteiger partial charge on any atom is 0.226 e. The lowest BCUT2D eigenvalue weighted by molar-refractivity contribution is -0.131. The molecule has 0 aliphatic heterocycles. The molecule has 1 saturated carbocycles. The molecule has 0 spiro atoms. The molecule has 0 aromatic heterocycles. The van der Waals surface area contributed by atoms with Crippen LogP contribution in [-0.4, -0.2) is 17.6 Å². The van der Waals surface area contributed by atoms with E-state index >= 15 is 0 Å². The Hall–Kier alpha value is -1.42. The summed E-state index contributed by atoms with van der Waals surface area (Å²) in [5.74, 6) is -0.313. The van der Waals surface area contributed by atoms with Gasteiger partial charge in [0.05, 0.1) is 6.10 Å². The van der Waals surface area contributed by atoms with Crippen molar-refractivity contribution in [3.63, 3.8) is 0 Å². The van der Waals surface area contributed by atoms with Crippen molar-refractivity contribution in [1.29, 1.82) is 0 Å². The first-order chi connectivity index (χ1) is 10.0. The van der Waals surface area contributed by atoms with Crippen molar-refractivity contribution < 1.29 is 14.3 Å². The summed E-state index contributed by atoms with van der Waals surface area (Å²) in [6.45, 7) is 2.18. The Labute approximate surface area is 125 Å². The Bertz CT molecular complexity index is 464. The molecular formula is C17H24FNO2. The van der Waals surface area contributed by atoms with Crippen LogP contribution in [0.4, 0.5) is 4.39 Å². The Morgan fingerprint density at radius 2 is 1.81 bits per heavy atom. The van der Waals surface area contributed by atoms with Gasteiger partial charge in [-0.25, -0.2) is 4.39 Å². The van der Waals surface area contributed by atoms with Crippen LogP contribution in [0.1, 0.15) is 57.1 Å². The van der Waals surface area contributed by atoms with Gasteiger partial charge >= 0.3 is 0 Å². The van der Waals surface area contributed by atoms with E-state index < -0.39 is 6.10 Å². The van der Waals surface area contributed by atoms with Gasteiger partial charge in [-0.05, 0) is 30.5 Å². The zero-order chi connectivity index (χ0) is 15.3. The molecule has 1 atom stereocenters. The number of aliphatic hydroxyl groups excluding tert-OH is 1. The van der Waals surface area contributed by atoms with E-state index in [9.17, 15) is 14.3 Å². The minimum atomic E-state index is -0.802. The largest absolute Gasteiger partial charge is 0.387 e. The van der Waals surface area contributed by atoms with Gasteiger partial charge in [0.15, 0.2) is 0 Å². The standard InChI is InChI=1S/C17H24FNO2/c1-17(10-4-2-3-5-11-17)16(21)19-12-15(20)13-6-8-14(18)9-7-13/h6-9,15,20H,2-5,10-12H2,1H3,(H,19,21). The van der Waals surface area contributed by atoms with Crippen LogP contribution >= 0.6 is 0 Å². The third kappa shape index (κ3) is 4.27. The number of nitrogens with one attached hydrogen (secondary N) is 1. The second-order valence-corrected chi connectivity index (χ2v) is 6.25. The minimum absolute atomic E-state index is 0.0190.